The zero-order valence-corrected chi connectivity index (χ0v) is 24.0. The largest absolute Gasteiger partial charge is 0.504 e. The molecule has 2 aliphatic carbocycles. The average molecular weight is 581 g/mol. The van der Waals surface area contributed by atoms with Crippen LogP contribution in [0.4, 0.5) is 0 Å². The maximum atomic E-state index is 12.3. The van der Waals surface area contributed by atoms with Crippen molar-refractivity contribution in [3.63, 3.8) is 0 Å². The molecule has 0 radical (unpaired) electrons. The highest BCUT2D eigenvalue weighted by molar-refractivity contribution is 5.87. The molecule has 3 fully saturated rings. The molecule has 230 valence electrons. The molecule has 11 heteroatoms. The molecule has 0 bridgehead atoms. The Morgan fingerprint density at radius 1 is 1.05 bits per heavy atom. The number of fused-ring (bicyclic) bond motifs is 1. The van der Waals surface area contributed by atoms with Crippen molar-refractivity contribution in [2.24, 2.45) is 17.3 Å². The maximum absolute atomic E-state index is 12.3. The predicted molar refractivity (Wildman–Crippen MR) is 146 cm³/mol. The van der Waals surface area contributed by atoms with E-state index >= 15 is 0 Å². The van der Waals surface area contributed by atoms with Gasteiger partial charge in [-0.1, -0.05) is 26.8 Å². The molecular formula is C30H44O11. The van der Waals surface area contributed by atoms with Gasteiger partial charge in [-0.15, -0.1) is 0 Å². The van der Waals surface area contributed by atoms with Crippen molar-refractivity contribution in [1.82, 2.24) is 0 Å². The summed E-state index contributed by atoms with van der Waals surface area (Å²) in [6.45, 7) is 7.29. The summed E-state index contributed by atoms with van der Waals surface area (Å²) in [5, 5.41) is 73.4. The van der Waals surface area contributed by atoms with Crippen LogP contribution in [0.2, 0.25) is 0 Å². The molecule has 3 aliphatic rings. The Bertz CT molecular complexity index is 1120. The number of aliphatic hydroxyl groups excluding tert-OH is 3. The second-order valence-electron chi connectivity index (χ2n) is 12.8. The zero-order valence-electron chi connectivity index (χ0n) is 24.0. The first kappa shape index (κ1) is 31.7. The standard InChI is InChI=1S/C30H44O11/c1-16(2)30(38)12-11-28(3)21(14-30)29(4,37)10-9-22(28)41-27-26(36)25(35)24(34)20(40-27)15-39-23(33)8-6-17-5-7-18(31)19(32)13-17/h5-8,13,16,20-22,24-27,31-32,34-38H,9-12,14-15H2,1-4H3. The second-order valence-corrected chi connectivity index (χ2v) is 12.8. The summed E-state index contributed by atoms with van der Waals surface area (Å²) in [4.78, 5) is 12.3. The van der Waals surface area contributed by atoms with Gasteiger partial charge in [0, 0.05) is 6.08 Å². The lowest BCUT2D eigenvalue weighted by molar-refractivity contribution is -0.333. The summed E-state index contributed by atoms with van der Waals surface area (Å²) in [6, 6.07) is 4.02. The number of aliphatic hydroxyl groups is 5. The summed E-state index contributed by atoms with van der Waals surface area (Å²) in [6.07, 6.45) is -2.91. The Balaban J connectivity index is 1.42. The smallest absolute Gasteiger partial charge is 0.330 e. The molecule has 7 N–H and O–H groups in total. The monoisotopic (exact) mass is 580 g/mol. The molecule has 1 aliphatic heterocycles. The van der Waals surface area contributed by atoms with Crippen molar-refractivity contribution in [3.8, 4) is 11.5 Å². The fourth-order valence-corrected chi connectivity index (χ4v) is 6.69. The highest BCUT2D eigenvalue weighted by Crippen LogP contribution is 2.58. The fourth-order valence-electron chi connectivity index (χ4n) is 6.69. The van der Waals surface area contributed by atoms with Gasteiger partial charge in [0.05, 0.1) is 17.3 Å². The van der Waals surface area contributed by atoms with E-state index < -0.39 is 66.0 Å². The number of carbonyl (C=O) groups is 1. The van der Waals surface area contributed by atoms with E-state index in [9.17, 15) is 40.5 Å². The third kappa shape index (κ3) is 6.41. The van der Waals surface area contributed by atoms with Crippen LogP contribution in [0.1, 0.15) is 65.4 Å². The van der Waals surface area contributed by atoms with Crippen LogP contribution in [0.15, 0.2) is 24.3 Å². The van der Waals surface area contributed by atoms with E-state index in [2.05, 4.69) is 0 Å². The second kappa shape index (κ2) is 11.8. The summed E-state index contributed by atoms with van der Waals surface area (Å²) < 4.78 is 17.3. The number of aromatic hydroxyl groups is 2. The normalized spacial score (nSPS) is 41.4. The Morgan fingerprint density at radius 2 is 1.76 bits per heavy atom. The minimum absolute atomic E-state index is 0.0100. The number of carbonyl (C=O) groups excluding carboxylic acids is 1. The van der Waals surface area contributed by atoms with E-state index in [4.69, 9.17) is 14.2 Å². The number of hydrogen-bond acceptors (Lipinski definition) is 11. The van der Waals surface area contributed by atoms with Crippen LogP contribution >= 0.6 is 0 Å². The lowest BCUT2D eigenvalue weighted by Gasteiger charge is -2.60. The van der Waals surface area contributed by atoms with Gasteiger partial charge in [-0.25, -0.2) is 4.79 Å². The number of phenolic OH excluding ortho intramolecular Hbond substituents is 2. The summed E-state index contributed by atoms with van der Waals surface area (Å²) in [7, 11) is 0. The van der Waals surface area contributed by atoms with E-state index in [1.165, 1.54) is 24.3 Å². The van der Waals surface area contributed by atoms with Crippen molar-refractivity contribution >= 4 is 12.0 Å². The summed E-state index contributed by atoms with van der Waals surface area (Å²) in [5.74, 6) is -1.70. The Kier molecular flexibility index (Phi) is 9.11. The molecular weight excluding hydrogens is 536 g/mol. The van der Waals surface area contributed by atoms with Gasteiger partial charge in [-0.05, 0) is 80.1 Å². The molecule has 0 aromatic heterocycles. The summed E-state index contributed by atoms with van der Waals surface area (Å²) in [5.41, 5.74) is -2.06. The van der Waals surface area contributed by atoms with Gasteiger partial charge in [-0.2, -0.15) is 0 Å². The van der Waals surface area contributed by atoms with Crippen LogP contribution in [-0.4, -0.2) is 96.3 Å². The molecule has 1 aromatic carbocycles. The fraction of sp³-hybridized carbons (Fsp3) is 0.700. The van der Waals surface area contributed by atoms with Gasteiger partial charge in [-0.3, -0.25) is 0 Å². The van der Waals surface area contributed by atoms with Crippen LogP contribution in [-0.2, 0) is 19.0 Å². The number of benzene rings is 1. The number of ether oxygens (including phenoxy) is 3. The zero-order chi connectivity index (χ0) is 30.3. The molecule has 11 nitrogen and oxygen atoms in total. The number of hydrogen-bond donors (Lipinski definition) is 7. The first-order valence-electron chi connectivity index (χ1n) is 14.2. The van der Waals surface area contributed by atoms with Crippen LogP contribution < -0.4 is 0 Å². The SMILES string of the molecule is CC(C)C1(O)CCC2(C)C(OC3OC(COC(=O)C=Cc4ccc(O)c(O)c4)C(O)C(O)C3O)CCC(C)(O)C2C1. The molecule has 2 saturated carbocycles. The average Bonchev–Trinajstić information content (AvgIpc) is 2.91. The lowest BCUT2D eigenvalue weighted by atomic mass is 9.50. The third-order valence-corrected chi connectivity index (χ3v) is 9.69. The quantitative estimate of drug-likeness (QED) is 0.141. The molecule has 1 aromatic rings. The van der Waals surface area contributed by atoms with Crippen molar-refractivity contribution < 1.29 is 54.8 Å². The van der Waals surface area contributed by atoms with E-state index in [-0.39, 0.29) is 23.3 Å². The Hall–Kier alpha value is -2.25. The maximum Gasteiger partial charge on any atom is 0.330 e. The summed E-state index contributed by atoms with van der Waals surface area (Å²) >= 11 is 0. The van der Waals surface area contributed by atoms with E-state index in [1.807, 2.05) is 20.8 Å². The van der Waals surface area contributed by atoms with Gasteiger partial charge in [0.25, 0.3) is 0 Å². The molecule has 10 unspecified atom stereocenters. The topological polar surface area (TPSA) is 186 Å². The molecule has 10 atom stereocenters. The van der Waals surface area contributed by atoms with E-state index in [0.29, 0.717) is 37.7 Å². The number of esters is 1. The third-order valence-electron chi connectivity index (χ3n) is 9.69. The molecule has 0 spiro atoms. The van der Waals surface area contributed by atoms with E-state index in [0.717, 1.165) is 6.08 Å². The molecule has 1 heterocycles. The molecule has 41 heavy (non-hydrogen) atoms. The van der Waals surface area contributed by atoms with Crippen molar-refractivity contribution in [2.45, 2.75) is 108 Å². The lowest BCUT2D eigenvalue weighted by Crippen LogP contribution is -2.64. The van der Waals surface area contributed by atoms with Crippen LogP contribution in [0, 0.1) is 17.3 Å². The number of phenols is 2. The number of rotatable bonds is 7. The van der Waals surface area contributed by atoms with Crippen LogP contribution in [0.25, 0.3) is 6.08 Å². The first-order chi connectivity index (χ1) is 19.1. The predicted octanol–water partition coefficient (Wildman–Crippen LogP) is 1.59. The van der Waals surface area contributed by atoms with Crippen molar-refractivity contribution in [3.05, 3.63) is 29.8 Å². The Labute approximate surface area is 240 Å². The highest BCUT2D eigenvalue weighted by atomic mass is 16.7. The van der Waals surface area contributed by atoms with Gasteiger partial charge in [0.1, 0.15) is 31.0 Å². The van der Waals surface area contributed by atoms with Gasteiger partial charge >= 0.3 is 5.97 Å². The van der Waals surface area contributed by atoms with Crippen LogP contribution in [0.5, 0.6) is 11.5 Å². The van der Waals surface area contributed by atoms with Crippen molar-refractivity contribution in [2.75, 3.05) is 6.61 Å². The Morgan fingerprint density at radius 3 is 2.41 bits per heavy atom. The molecule has 0 amide bonds. The van der Waals surface area contributed by atoms with Crippen LogP contribution in [0.3, 0.4) is 0 Å². The minimum Gasteiger partial charge on any atom is -0.504 e. The van der Waals surface area contributed by atoms with Crippen molar-refractivity contribution in [1.29, 1.82) is 0 Å². The van der Waals surface area contributed by atoms with Gasteiger partial charge < -0.3 is 50.0 Å². The highest BCUT2D eigenvalue weighted by Gasteiger charge is 2.60. The molecule has 4 rings (SSSR count). The minimum atomic E-state index is -1.62. The van der Waals surface area contributed by atoms with Gasteiger partial charge in [0.2, 0.25) is 0 Å². The molecule has 1 saturated heterocycles. The first-order valence-corrected chi connectivity index (χ1v) is 14.2. The van der Waals surface area contributed by atoms with E-state index in [1.54, 1.807) is 6.92 Å². The van der Waals surface area contributed by atoms with Gasteiger partial charge in [0.15, 0.2) is 17.8 Å².